The first-order chi connectivity index (χ1) is 34.6. The molecule has 6 heterocycles. The van der Waals surface area contributed by atoms with Crippen molar-refractivity contribution in [2.45, 2.75) is 68.3 Å². The van der Waals surface area contributed by atoms with Crippen LogP contribution in [-0.2, 0) is 35.5 Å². The van der Waals surface area contributed by atoms with E-state index in [-0.39, 0.29) is 24.3 Å². The van der Waals surface area contributed by atoms with Gasteiger partial charge in [-0.2, -0.15) is 15.5 Å². The third kappa shape index (κ3) is 10.8. The van der Waals surface area contributed by atoms with E-state index >= 15 is 0 Å². The predicted octanol–water partition coefficient (Wildman–Crippen LogP) is 8.09. The Hall–Kier alpha value is -5.53. The zero-order valence-corrected chi connectivity index (χ0v) is 42.8. The van der Waals surface area contributed by atoms with E-state index < -0.39 is 0 Å². The normalized spacial score (nSPS) is 20.1. The van der Waals surface area contributed by atoms with Gasteiger partial charge in [0, 0.05) is 134 Å². The molecule has 18 heteroatoms. The SMILES string of the molecule is CN(C)CCSc1nc2c(c(N3CCN[C@@H](CC#N)C3)n1)CO[C@H](c1cc(N(C)CCNc3nc4c(c(N5CCN[C@@H](CC#N)C5)n3)CO[C@H](c3cccc5cccc(Cl)c35)C4)cc3cccc(Cl)c13)C2. The van der Waals surface area contributed by atoms with E-state index in [0.29, 0.717) is 81.1 Å². The Morgan fingerprint density at radius 3 is 1.97 bits per heavy atom. The monoisotopic (exact) mass is 1010 g/mol. The van der Waals surface area contributed by atoms with Gasteiger partial charge >= 0.3 is 0 Å². The van der Waals surface area contributed by atoms with Crippen molar-refractivity contribution in [3.05, 3.63) is 110 Å². The number of nitrogens with zero attached hydrogens (tertiary/aromatic N) is 10. The Morgan fingerprint density at radius 2 is 1.32 bits per heavy atom. The number of likely N-dealkylation sites (N-methyl/N-ethyl adjacent to an activating group) is 1. The third-order valence-electron chi connectivity index (χ3n) is 14.0. The molecule has 10 rings (SSSR count). The predicted molar refractivity (Wildman–Crippen MR) is 284 cm³/mol. The molecule has 368 valence electrons. The van der Waals surface area contributed by atoms with Gasteiger partial charge in [0.15, 0.2) is 5.16 Å². The van der Waals surface area contributed by atoms with Crippen molar-refractivity contribution < 1.29 is 9.47 Å². The van der Waals surface area contributed by atoms with Crippen molar-refractivity contribution in [2.75, 3.05) is 106 Å². The van der Waals surface area contributed by atoms with Crippen LogP contribution in [-0.4, -0.2) is 123 Å². The van der Waals surface area contributed by atoms with Crippen molar-refractivity contribution in [3.8, 4) is 12.1 Å². The molecule has 15 nitrogen and oxygen atoms in total. The highest BCUT2D eigenvalue weighted by atomic mass is 35.5. The van der Waals surface area contributed by atoms with Crippen LogP contribution in [0.2, 0.25) is 10.0 Å². The van der Waals surface area contributed by atoms with Gasteiger partial charge in [0.2, 0.25) is 5.95 Å². The van der Waals surface area contributed by atoms with Crippen LogP contribution in [0.1, 0.15) is 58.7 Å². The molecular weight excluding hydrogens is 954 g/mol. The van der Waals surface area contributed by atoms with Crippen molar-refractivity contribution in [2.24, 2.45) is 0 Å². The molecule has 3 N–H and O–H groups in total. The fourth-order valence-corrected chi connectivity index (χ4v) is 11.9. The first kappa shape index (κ1) is 49.1. The molecule has 71 heavy (non-hydrogen) atoms. The summed E-state index contributed by atoms with van der Waals surface area (Å²) in [6, 6.07) is 27.5. The number of thioether (sulfide) groups is 1. The lowest BCUT2D eigenvalue weighted by molar-refractivity contribution is 0.0266. The maximum Gasteiger partial charge on any atom is 0.224 e. The molecule has 4 atom stereocenters. The highest BCUT2D eigenvalue weighted by Crippen LogP contribution is 2.42. The molecule has 0 amide bonds. The molecule has 0 saturated carbocycles. The van der Waals surface area contributed by atoms with Gasteiger partial charge in [0.25, 0.3) is 0 Å². The third-order valence-corrected chi connectivity index (χ3v) is 15.4. The van der Waals surface area contributed by atoms with Gasteiger partial charge in [0.1, 0.15) is 11.6 Å². The van der Waals surface area contributed by atoms with Gasteiger partial charge in [0.05, 0.1) is 61.8 Å². The molecule has 4 aliphatic rings. The Kier molecular flexibility index (Phi) is 15.3. The number of fused-ring (bicyclic) bond motifs is 4. The van der Waals surface area contributed by atoms with E-state index in [2.05, 4.69) is 111 Å². The van der Waals surface area contributed by atoms with E-state index in [1.165, 1.54) is 0 Å². The van der Waals surface area contributed by atoms with Gasteiger partial charge in [-0.25, -0.2) is 15.0 Å². The molecule has 4 aliphatic heterocycles. The summed E-state index contributed by atoms with van der Waals surface area (Å²) in [7, 11) is 6.25. The summed E-state index contributed by atoms with van der Waals surface area (Å²) in [5.41, 5.74) is 7.02. The molecule has 0 bridgehead atoms. The van der Waals surface area contributed by atoms with Crippen molar-refractivity contribution in [3.63, 3.8) is 0 Å². The average Bonchev–Trinajstić information content (AvgIpc) is 3.37. The van der Waals surface area contributed by atoms with Crippen LogP contribution >= 0.6 is 35.0 Å². The number of aromatic nitrogens is 4. The van der Waals surface area contributed by atoms with Crippen LogP contribution in [0.5, 0.6) is 0 Å². The van der Waals surface area contributed by atoms with Gasteiger partial charge in [-0.05, 0) is 60.3 Å². The number of hydrogen-bond acceptors (Lipinski definition) is 16. The zero-order valence-electron chi connectivity index (χ0n) is 40.4. The summed E-state index contributed by atoms with van der Waals surface area (Å²) in [5.74, 6) is 3.18. The van der Waals surface area contributed by atoms with Gasteiger partial charge in [-0.15, -0.1) is 0 Å². The second kappa shape index (κ2) is 22.1. The van der Waals surface area contributed by atoms with Gasteiger partial charge < -0.3 is 45.0 Å². The summed E-state index contributed by atoms with van der Waals surface area (Å²) < 4.78 is 13.5. The first-order valence-corrected chi connectivity index (χ1v) is 26.2. The van der Waals surface area contributed by atoms with E-state index in [9.17, 15) is 10.5 Å². The maximum absolute atomic E-state index is 9.56. The Labute approximate surface area is 429 Å². The van der Waals surface area contributed by atoms with E-state index in [4.69, 9.17) is 52.6 Å². The number of nitriles is 2. The number of hydrogen-bond donors (Lipinski definition) is 3. The lowest BCUT2D eigenvalue weighted by Gasteiger charge is -2.36. The highest BCUT2D eigenvalue weighted by Gasteiger charge is 2.33. The van der Waals surface area contributed by atoms with Gasteiger partial charge in [-0.3, -0.25) is 0 Å². The second-order valence-corrected chi connectivity index (χ2v) is 20.9. The zero-order chi connectivity index (χ0) is 49.0. The Balaban J connectivity index is 0.911. The minimum atomic E-state index is -0.300. The van der Waals surface area contributed by atoms with Crippen LogP contribution in [0.25, 0.3) is 21.5 Å². The standard InChI is InChI=1S/C53H59Cl2N13O2S/c1-65(2)23-24-71-53-62-45-28-47(70-32-41(45)51(64-53)68-22-19-59-36(30-68)14-16-57)39-26-37(25-34-9-6-12-43(55)49(34)39)66(3)20-17-60-52-61-44-27-46(38-10-4-7-33-8-5-11-42(54)48(33)38)69-31-40(44)50(63-52)67-21-18-58-35(29-67)13-15-56/h4-12,25-26,35-36,46-47,58-59H,13-14,17-24,27-32H2,1-3H3,(H,60,61,63)/t35-,36-,46-,47-/m0/s1. The summed E-state index contributed by atoms with van der Waals surface area (Å²) in [4.78, 5) is 29.7. The van der Waals surface area contributed by atoms with Gasteiger partial charge in [-0.1, -0.05) is 77.4 Å². The number of benzene rings is 4. The minimum absolute atomic E-state index is 0.0384. The number of anilines is 4. The number of ether oxygens (including phenoxy) is 2. The van der Waals surface area contributed by atoms with E-state index in [1.54, 1.807) is 11.8 Å². The lowest BCUT2D eigenvalue weighted by Crippen LogP contribution is -2.51. The quantitative estimate of drug-likeness (QED) is 0.0667. The topological polar surface area (TPSA) is 167 Å². The van der Waals surface area contributed by atoms with Crippen molar-refractivity contribution in [1.82, 2.24) is 35.5 Å². The maximum atomic E-state index is 9.56. The summed E-state index contributed by atoms with van der Waals surface area (Å²) in [5, 5.41) is 35.9. The molecule has 6 aromatic rings. The molecule has 2 aromatic heterocycles. The minimum Gasteiger partial charge on any atom is -0.373 e. The molecule has 2 saturated heterocycles. The van der Waals surface area contributed by atoms with Crippen LogP contribution in [0, 0.1) is 22.7 Å². The number of nitrogens with one attached hydrogen (secondary N) is 3. The smallest absolute Gasteiger partial charge is 0.224 e. The van der Waals surface area contributed by atoms with E-state index in [0.717, 1.165) is 116 Å². The summed E-state index contributed by atoms with van der Waals surface area (Å²) >= 11 is 15.5. The van der Waals surface area contributed by atoms with Crippen molar-refractivity contribution in [1.29, 1.82) is 10.5 Å². The molecular formula is C53H59Cl2N13O2S. The van der Waals surface area contributed by atoms with Crippen molar-refractivity contribution >= 4 is 79.8 Å². The first-order valence-electron chi connectivity index (χ1n) is 24.5. The fourth-order valence-electron chi connectivity index (χ4n) is 10.3. The van der Waals surface area contributed by atoms with Crippen LogP contribution in [0.4, 0.5) is 23.3 Å². The fraction of sp³-hybridized carbons (Fsp3) is 0.434. The molecule has 0 aliphatic carbocycles. The average molecular weight is 1010 g/mol. The Bertz CT molecular complexity index is 3000. The lowest BCUT2D eigenvalue weighted by atomic mass is 9.93. The number of piperazine rings is 2. The summed E-state index contributed by atoms with van der Waals surface area (Å²) in [6.07, 6.45) is 1.45. The molecule has 0 radical (unpaired) electrons. The summed E-state index contributed by atoms with van der Waals surface area (Å²) in [6.45, 7) is 7.28. The Morgan fingerprint density at radius 1 is 0.732 bits per heavy atom. The number of halogens is 2. The van der Waals surface area contributed by atoms with Crippen LogP contribution in [0.15, 0.2) is 71.9 Å². The largest absolute Gasteiger partial charge is 0.373 e. The molecule has 0 spiro atoms. The van der Waals surface area contributed by atoms with Crippen LogP contribution < -0.4 is 30.7 Å². The second-order valence-electron chi connectivity index (χ2n) is 19.0. The highest BCUT2D eigenvalue weighted by molar-refractivity contribution is 7.99. The van der Waals surface area contributed by atoms with Crippen LogP contribution in [0.3, 0.4) is 0 Å². The van der Waals surface area contributed by atoms with E-state index in [1.807, 2.05) is 24.3 Å². The molecule has 4 aromatic carbocycles. The number of rotatable bonds is 15. The molecule has 0 unspecified atom stereocenters. The molecule has 2 fully saturated rings.